The van der Waals surface area contributed by atoms with Crippen molar-refractivity contribution < 1.29 is 14.4 Å². The Bertz CT molecular complexity index is 1350. The van der Waals surface area contributed by atoms with Gasteiger partial charge < -0.3 is 20.2 Å². The van der Waals surface area contributed by atoms with Gasteiger partial charge in [0.25, 0.3) is 0 Å². The topological polar surface area (TPSA) is 142 Å². The molecular weight excluding hydrogens is 468 g/mol. The van der Waals surface area contributed by atoms with Crippen LogP contribution >= 0.6 is 11.3 Å². The van der Waals surface area contributed by atoms with E-state index in [2.05, 4.69) is 20.2 Å². The quantitative estimate of drug-likeness (QED) is 0.562. The van der Waals surface area contributed by atoms with Crippen LogP contribution < -0.4 is 16.0 Å². The van der Waals surface area contributed by atoms with Crippen molar-refractivity contribution in [2.45, 2.75) is 19.4 Å². The summed E-state index contributed by atoms with van der Waals surface area (Å²) in [5.74, 6) is 1.50. The molecule has 35 heavy (non-hydrogen) atoms. The average Bonchev–Trinajstić information content (AvgIpc) is 3.41. The number of nitrogens with zero attached hydrogens (tertiary/aromatic N) is 6. The number of amides is 1. The Balaban J connectivity index is 1.30. The molecule has 0 unspecified atom stereocenters. The van der Waals surface area contributed by atoms with E-state index in [0.717, 1.165) is 15.8 Å². The minimum atomic E-state index is -0.644. The maximum Gasteiger partial charge on any atom is 0.430 e. The van der Waals surface area contributed by atoms with Gasteiger partial charge in [-0.05, 0) is 26.0 Å². The second kappa shape index (κ2) is 9.01. The molecule has 180 valence electrons. The van der Waals surface area contributed by atoms with Gasteiger partial charge >= 0.3 is 6.09 Å². The van der Waals surface area contributed by atoms with Crippen molar-refractivity contribution in [2.75, 3.05) is 48.7 Å². The van der Waals surface area contributed by atoms with Gasteiger partial charge in [0, 0.05) is 18.5 Å². The molecule has 12 heteroatoms. The number of hydroxylamine groups is 2. The lowest BCUT2D eigenvalue weighted by Crippen LogP contribution is -2.47. The number of ether oxygens (including phenoxy) is 1. The van der Waals surface area contributed by atoms with E-state index >= 15 is 0 Å². The summed E-state index contributed by atoms with van der Waals surface area (Å²) in [6.07, 6.45) is -0.644. The predicted octanol–water partition coefficient (Wildman–Crippen LogP) is 2.99. The van der Waals surface area contributed by atoms with Gasteiger partial charge in [0.2, 0.25) is 11.8 Å². The Morgan fingerprint density at radius 1 is 1.26 bits per heavy atom. The average molecular weight is 493 g/mol. The maximum atomic E-state index is 12.4. The van der Waals surface area contributed by atoms with E-state index in [1.165, 1.54) is 11.3 Å². The van der Waals surface area contributed by atoms with Crippen LogP contribution in [0.4, 0.5) is 22.2 Å². The molecule has 1 saturated heterocycles. The number of piperazine rings is 1. The number of carbonyl (C=O) groups excluding carboxylic acids is 1. The van der Waals surface area contributed by atoms with Crippen LogP contribution in [-0.4, -0.2) is 65.3 Å². The van der Waals surface area contributed by atoms with E-state index in [0.29, 0.717) is 55.8 Å². The van der Waals surface area contributed by atoms with E-state index in [-0.39, 0.29) is 11.5 Å². The molecule has 0 aliphatic carbocycles. The fraction of sp³-hybridized carbons (Fsp3) is 0.348. The molecule has 0 saturated carbocycles. The standard InChI is InChI=1S/C23H24N8O3S/c1-23(2)13-33-19(29-23)15-12-35-20-17(15)18(27-21(25)28-20)30-7-9-31(10-8-30)34-22(32)26-16-6-4-3-5-14(16)11-24/h3-6,12H,7-10,13H2,1-2H3,(H,26,32)(H2,25,27,28). The van der Waals surface area contributed by atoms with Crippen molar-refractivity contribution >= 4 is 51.0 Å². The van der Waals surface area contributed by atoms with Crippen LogP contribution in [0.3, 0.4) is 0 Å². The van der Waals surface area contributed by atoms with E-state index in [1.807, 2.05) is 25.3 Å². The van der Waals surface area contributed by atoms with Gasteiger partial charge in [0.1, 0.15) is 23.3 Å². The molecule has 1 amide bonds. The Morgan fingerprint density at radius 3 is 2.74 bits per heavy atom. The molecule has 3 N–H and O–H groups in total. The number of carbonyl (C=O) groups is 1. The molecular formula is C23H24N8O3S. The molecule has 3 aromatic rings. The van der Waals surface area contributed by atoms with Gasteiger partial charge in [-0.15, -0.1) is 16.4 Å². The number of nitrogens with two attached hydrogens (primary N) is 1. The van der Waals surface area contributed by atoms with Crippen LogP contribution in [0.15, 0.2) is 34.6 Å². The number of rotatable bonds is 4. The Labute approximate surface area is 205 Å². The maximum absolute atomic E-state index is 12.4. The summed E-state index contributed by atoms with van der Waals surface area (Å²) in [6, 6.07) is 8.80. The second-order valence-corrected chi connectivity index (χ2v) is 9.69. The highest BCUT2D eigenvalue weighted by atomic mass is 32.1. The smallest absolute Gasteiger partial charge is 0.430 e. The minimum absolute atomic E-state index is 0.199. The molecule has 2 aliphatic heterocycles. The fourth-order valence-corrected chi connectivity index (χ4v) is 4.89. The highest BCUT2D eigenvalue weighted by Gasteiger charge is 2.31. The van der Waals surface area contributed by atoms with E-state index in [4.69, 9.17) is 20.3 Å². The lowest BCUT2D eigenvalue weighted by Gasteiger charge is -2.34. The van der Waals surface area contributed by atoms with Crippen LogP contribution in [0.25, 0.3) is 10.2 Å². The molecule has 1 fully saturated rings. The number of nitriles is 1. The molecule has 2 aliphatic rings. The van der Waals surface area contributed by atoms with Crippen molar-refractivity contribution in [2.24, 2.45) is 4.99 Å². The number of aromatic nitrogens is 2. The normalized spacial score (nSPS) is 17.5. The zero-order valence-corrected chi connectivity index (χ0v) is 20.1. The molecule has 0 spiro atoms. The Morgan fingerprint density at radius 2 is 2.03 bits per heavy atom. The summed E-state index contributed by atoms with van der Waals surface area (Å²) in [7, 11) is 0. The first-order valence-corrected chi connectivity index (χ1v) is 12.0. The molecule has 2 aromatic heterocycles. The van der Waals surface area contributed by atoms with Gasteiger partial charge in [-0.25, -0.2) is 14.8 Å². The lowest BCUT2D eigenvalue weighted by atomic mass is 10.1. The SMILES string of the molecule is CC1(C)COC(c2csc3nc(N)nc(N4CCN(OC(=O)Nc5ccccc5C#N)CC4)c23)=N1. The fourth-order valence-electron chi connectivity index (χ4n) is 3.98. The first kappa shape index (κ1) is 22.8. The number of nitrogens with one attached hydrogen (secondary N) is 1. The van der Waals surface area contributed by atoms with Crippen molar-refractivity contribution in [1.29, 1.82) is 5.26 Å². The van der Waals surface area contributed by atoms with Crippen molar-refractivity contribution in [1.82, 2.24) is 15.0 Å². The molecule has 0 atom stereocenters. The first-order chi connectivity index (χ1) is 16.8. The van der Waals surface area contributed by atoms with E-state index < -0.39 is 6.09 Å². The third kappa shape index (κ3) is 4.68. The number of benzene rings is 1. The van der Waals surface area contributed by atoms with Crippen LogP contribution in [0.5, 0.6) is 0 Å². The summed E-state index contributed by atoms with van der Waals surface area (Å²) < 4.78 is 5.88. The number of anilines is 3. The van der Waals surface area contributed by atoms with Gasteiger partial charge in [-0.2, -0.15) is 10.2 Å². The van der Waals surface area contributed by atoms with Crippen LogP contribution in [0, 0.1) is 11.3 Å². The van der Waals surface area contributed by atoms with Crippen LogP contribution in [-0.2, 0) is 9.57 Å². The number of thiophene rings is 1. The van der Waals surface area contributed by atoms with Gasteiger partial charge in [-0.1, -0.05) is 12.1 Å². The summed E-state index contributed by atoms with van der Waals surface area (Å²) in [6.45, 7) is 6.60. The van der Waals surface area contributed by atoms with Crippen LogP contribution in [0.1, 0.15) is 25.0 Å². The minimum Gasteiger partial charge on any atom is -0.475 e. The monoisotopic (exact) mass is 492 g/mol. The van der Waals surface area contributed by atoms with Crippen molar-refractivity contribution in [3.63, 3.8) is 0 Å². The molecule has 1 aromatic carbocycles. The number of hydrogen-bond donors (Lipinski definition) is 2. The molecule has 0 radical (unpaired) electrons. The van der Waals surface area contributed by atoms with E-state index in [9.17, 15) is 10.1 Å². The van der Waals surface area contributed by atoms with Crippen molar-refractivity contribution in [3.05, 3.63) is 40.8 Å². The second-order valence-electron chi connectivity index (χ2n) is 8.83. The third-order valence-corrected chi connectivity index (χ3v) is 6.54. The zero-order valence-electron chi connectivity index (χ0n) is 19.3. The van der Waals surface area contributed by atoms with Gasteiger partial charge in [0.15, 0.2) is 0 Å². The predicted molar refractivity (Wildman–Crippen MR) is 133 cm³/mol. The van der Waals surface area contributed by atoms with Gasteiger partial charge in [-0.3, -0.25) is 5.32 Å². The molecule has 4 heterocycles. The van der Waals surface area contributed by atoms with Gasteiger partial charge in [0.05, 0.1) is 40.8 Å². The van der Waals surface area contributed by atoms with Crippen molar-refractivity contribution in [3.8, 4) is 6.07 Å². The summed E-state index contributed by atoms with van der Waals surface area (Å²) in [4.78, 5) is 34.4. The Kier molecular flexibility index (Phi) is 5.88. The number of para-hydroxylation sites is 1. The summed E-state index contributed by atoms with van der Waals surface area (Å²) in [5, 5.41) is 16.2. The van der Waals surface area contributed by atoms with E-state index in [1.54, 1.807) is 29.3 Å². The lowest BCUT2D eigenvalue weighted by molar-refractivity contribution is -0.0966. The van der Waals surface area contributed by atoms with Crippen LogP contribution in [0.2, 0.25) is 0 Å². The number of fused-ring (bicyclic) bond motifs is 1. The summed E-state index contributed by atoms with van der Waals surface area (Å²) in [5.41, 5.74) is 7.36. The molecule has 5 rings (SSSR count). The highest BCUT2D eigenvalue weighted by molar-refractivity contribution is 7.17. The molecule has 11 nitrogen and oxygen atoms in total. The first-order valence-electron chi connectivity index (χ1n) is 11.1. The largest absolute Gasteiger partial charge is 0.475 e. The number of hydrogen-bond acceptors (Lipinski definition) is 11. The number of nitrogen functional groups attached to an aromatic ring is 1. The molecule has 0 bridgehead atoms. The third-order valence-electron chi connectivity index (χ3n) is 5.66. The summed E-state index contributed by atoms with van der Waals surface area (Å²) >= 11 is 1.48. The number of aliphatic imine (C=N–C) groups is 1. The zero-order chi connectivity index (χ0) is 24.6. The highest BCUT2D eigenvalue weighted by Crippen LogP contribution is 2.35. The Hall–Kier alpha value is -3.95.